The minimum atomic E-state index is -2.44. The summed E-state index contributed by atoms with van der Waals surface area (Å²) in [4.78, 5) is 51.4. The molecule has 6 rings (SSSR count). The van der Waals surface area contributed by atoms with E-state index >= 15 is 0 Å². The highest BCUT2D eigenvalue weighted by molar-refractivity contribution is 7.95. The zero-order valence-electron chi connectivity index (χ0n) is 42.0. The van der Waals surface area contributed by atoms with Crippen LogP contribution in [0.15, 0.2) is 207 Å². The molecule has 6 aromatic carbocycles. The molecule has 6 aromatic rings. The van der Waals surface area contributed by atoms with Crippen LogP contribution in [-0.4, -0.2) is 77.0 Å². The maximum Gasteiger partial charge on any atom is 0.410 e. The first kappa shape index (κ1) is 57.2. The fourth-order valence-electron chi connectivity index (χ4n) is 7.41. The van der Waals surface area contributed by atoms with Crippen molar-refractivity contribution in [2.24, 2.45) is 0 Å². The van der Waals surface area contributed by atoms with Crippen LogP contribution in [-0.2, 0) is 19.1 Å². The van der Waals surface area contributed by atoms with E-state index in [1.165, 1.54) is 4.90 Å². The van der Waals surface area contributed by atoms with Crippen LogP contribution in [0, 0.1) is 0 Å². The largest absolute Gasteiger partial charge is 0.444 e. The molecule has 0 spiro atoms. The Hall–Kier alpha value is -6.43. The standard InChI is InChI=1S/C30H34NO3P.C21H18ClOP.C9H17NO2/c1-5-6-22-31(29(33)34-30(2,3)4)23-25(32)24-35(26-16-10-7-11-17-26,27-18-12-8-13-19-27)28-20-14-9-15-21-28;22-16-18(23)17-24(19-10-4-1-5-11-19,20-12-6-2-7-13-20)21-14-8-3-9-15-21;1-5-6-7-10-8(11)12-9(2,3)4/h5,7-21,24H,1,6,22-23H2,2-4H3;1-15,17H,16H2;5H,1,6-7H2,2-4H3,(H,10,11). The third kappa shape index (κ3) is 17.7. The molecule has 0 aliphatic heterocycles. The number of carbonyl (C=O) groups is 4. The van der Waals surface area contributed by atoms with Gasteiger partial charge < -0.3 is 19.7 Å². The number of nitrogens with one attached hydrogen (secondary N) is 1. The van der Waals surface area contributed by atoms with E-state index < -0.39 is 31.1 Å². The zero-order valence-corrected chi connectivity index (χ0v) is 44.5. The smallest absolute Gasteiger partial charge is 0.410 e. The lowest BCUT2D eigenvalue weighted by Crippen LogP contribution is -2.41. The molecule has 11 heteroatoms. The summed E-state index contributed by atoms with van der Waals surface area (Å²) in [5.41, 5.74) is -1.07. The van der Waals surface area contributed by atoms with Crippen molar-refractivity contribution in [1.82, 2.24) is 10.2 Å². The minimum absolute atomic E-state index is 0.00570. The van der Waals surface area contributed by atoms with Gasteiger partial charge in [-0.25, -0.2) is 9.59 Å². The number of ketones is 2. The Morgan fingerprint density at radius 3 is 1.10 bits per heavy atom. The summed E-state index contributed by atoms with van der Waals surface area (Å²) in [7, 11) is 0. The van der Waals surface area contributed by atoms with Crippen molar-refractivity contribution in [3.05, 3.63) is 207 Å². The van der Waals surface area contributed by atoms with Gasteiger partial charge in [-0.1, -0.05) is 194 Å². The summed E-state index contributed by atoms with van der Waals surface area (Å²) in [6.45, 7) is 14.5. The topological polar surface area (TPSA) is 102 Å². The number of alkyl carbamates (subject to hydrolysis) is 1. The second-order valence-corrected chi connectivity index (χ2v) is 25.0. The van der Waals surface area contributed by atoms with E-state index in [0.29, 0.717) is 19.5 Å². The average Bonchev–Trinajstić information content (AvgIpc) is 3.37. The fraction of sp³-hybridized carbons (Fsp3) is 0.233. The Morgan fingerprint density at radius 1 is 0.507 bits per heavy atom. The number of Topliss-reactive ketones (excluding diaryl/α,β-unsaturated/α-hetero) is 2. The lowest BCUT2D eigenvalue weighted by atomic mass is 10.2. The van der Waals surface area contributed by atoms with Crippen molar-refractivity contribution < 1.29 is 28.7 Å². The molecule has 0 unspecified atom stereocenters. The van der Waals surface area contributed by atoms with Crippen LogP contribution in [0.2, 0.25) is 0 Å². The van der Waals surface area contributed by atoms with Crippen LogP contribution in [0.3, 0.4) is 0 Å². The molecule has 0 fully saturated rings. The van der Waals surface area contributed by atoms with Gasteiger partial charge in [0.15, 0.2) is 11.6 Å². The third-order valence-electron chi connectivity index (χ3n) is 10.4. The number of ether oxygens (including phenoxy) is 2. The average molecular weight is 1010 g/mol. The van der Waals surface area contributed by atoms with E-state index in [1.54, 1.807) is 12.2 Å². The molecule has 0 saturated carbocycles. The molecule has 0 bridgehead atoms. The number of nitrogens with zero attached hydrogens (tertiary/aromatic N) is 1. The second kappa shape index (κ2) is 28.4. The Morgan fingerprint density at radius 2 is 0.817 bits per heavy atom. The predicted octanol–water partition coefficient (Wildman–Crippen LogP) is 10.8. The van der Waals surface area contributed by atoms with Crippen molar-refractivity contribution >= 4 is 92.5 Å². The maximum atomic E-state index is 13.7. The van der Waals surface area contributed by atoms with Crippen LogP contribution in [0.5, 0.6) is 0 Å². The van der Waals surface area contributed by atoms with E-state index in [4.69, 9.17) is 21.1 Å². The minimum Gasteiger partial charge on any atom is -0.444 e. The summed E-state index contributed by atoms with van der Waals surface area (Å²) < 4.78 is 10.6. The molecule has 8 nitrogen and oxygen atoms in total. The highest BCUT2D eigenvalue weighted by Gasteiger charge is 2.29. The molecule has 372 valence electrons. The molecule has 1 N–H and O–H groups in total. The normalized spacial score (nSPS) is 11.1. The molecule has 0 saturated heterocycles. The lowest BCUT2D eigenvalue weighted by molar-refractivity contribution is -0.113. The monoisotopic (exact) mass is 1010 g/mol. The molecule has 0 heterocycles. The summed E-state index contributed by atoms with van der Waals surface area (Å²) in [5.74, 6) is 3.55. The first-order valence-electron chi connectivity index (χ1n) is 23.6. The Bertz CT molecular complexity index is 2510. The van der Waals surface area contributed by atoms with Crippen molar-refractivity contribution in [3.63, 3.8) is 0 Å². The van der Waals surface area contributed by atoms with Crippen LogP contribution in [0.25, 0.3) is 0 Å². The summed E-state index contributed by atoms with van der Waals surface area (Å²) in [6, 6.07) is 61.2. The van der Waals surface area contributed by atoms with Gasteiger partial charge in [-0.3, -0.25) is 9.59 Å². The highest BCUT2D eigenvalue weighted by atomic mass is 35.5. The number of hydrogen-bond acceptors (Lipinski definition) is 6. The van der Waals surface area contributed by atoms with Gasteiger partial charge in [-0.05, 0) is 112 Å². The fourth-order valence-corrected chi connectivity index (χ4v) is 15.2. The van der Waals surface area contributed by atoms with Gasteiger partial charge in [-0.2, -0.15) is 0 Å². The summed E-state index contributed by atoms with van der Waals surface area (Å²) in [5, 5.41) is 9.32. The number of halogens is 1. The molecule has 2 amide bonds. The summed E-state index contributed by atoms with van der Waals surface area (Å²) in [6.07, 6.45) is 3.95. The van der Waals surface area contributed by atoms with Gasteiger partial charge in [0.1, 0.15) is 11.2 Å². The Balaban J connectivity index is 0.000000262. The SMILES string of the molecule is C=CCCN(CC(=O)C=P(c1ccccc1)(c1ccccc1)c1ccccc1)C(=O)OC(C)(C)C.C=CCCNC(=O)OC(C)(C)C.O=C(C=P(c1ccccc1)(c1ccccc1)c1ccccc1)CCl. The van der Waals surface area contributed by atoms with Crippen molar-refractivity contribution in [1.29, 1.82) is 0 Å². The van der Waals surface area contributed by atoms with Gasteiger partial charge in [0.25, 0.3) is 0 Å². The number of hydrogen-bond donors (Lipinski definition) is 1. The van der Waals surface area contributed by atoms with E-state index in [9.17, 15) is 19.2 Å². The van der Waals surface area contributed by atoms with E-state index in [1.807, 2.05) is 162 Å². The molecule has 0 atom stereocenters. The van der Waals surface area contributed by atoms with Crippen molar-refractivity contribution in [2.75, 3.05) is 25.5 Å². The first-order valence-corrected chi connectivity index (χ1v) is 27.9. The molecule has 0 aliphatic carbocycles. The number of alkyl halides is 1. The second-order valence-electron chi connectivity index (χ2n) is 18.3. The summed E-state index contributed by atoms with van der Waals surface area (Å²) >= 11 is 5.86. The third-order valence-corrected chi connectivity index (χ3v) is 18.7. The van der Waals surface area contributed by atoms with Gasteiger partial charge in [0, 0.05) is 13.1 Å². The molecular weight excluding hydrogens is 942 g/mol. The van der Waals surface area contributed by atoms with Gasteiger partial charge in [-0.15, -0.1) is 24.8 Å². The van der Waals surface area contributed by atoms with Crippen molar-refractivity contribution in [2.45, 2.75) is 65.6 Å². The van der Waals surface area contributed by atoms with Crippen LogP contribution >= 0.6 is 25.4 Å². The number of carbonyl (C=O) groups excluding carboxylic acids is 4. The highest BCUT2D eigenvalue weighted by Crippen LogP contribution is 2.44. The van der Waals surface area contributed by atoms with Crippen LogP contribution in [0.1, 0.15) is 54.4 Å². The molecule has 0 radical (unpaired) electrons. The maximum absolute atomic E-state index is 13.7. The van der Waals surface area contributed by atoms with E-state index in [2.05, 4.69) is 91.3 Å². The van der Waals surface area contributed by atoms with Gasteiger partial charge in [0.05, 0.1) is 12.4 Å². The quantitative estimate of drug-likeness (QED) is 0.0423. The number of benzene rings is 6. The van der Waals surface area contributed by atoms with E-state index in [-0.39, 0.29) is 30.1 Å². The molecular formula is C60H69ClN2O6P2. The van der Waals surface area contributed by atoms with Crippen LogP contribution < -0.4 is 37.1 Å². The van der Waals surface area contributed by atoms with Crippen LogP contribution in [0.4, 0.5) is 9.59 Å². The zero-order chi connectivity index (χ0) is 51.8. The lowest BCUT2D eigenvalue weighted by Gasteiger charge is -2.29. The Labute approximate surface area is 427 Å². The van der Waals surface area contributed by atoms with E-state index in [0.717, 1.165) is 38.2 Å². The Kier molecular flexibility index (Phi) is 22.9. The molecule has 0 aliphatic rings. The predicted molar refractivity (Wildman–Crippen MR) is 305 cm³/mol. The van der Waals surface area contributed by atoms with Gasteiger partial charge in [0.2, 0.25) is 0 Å². The number of rotatable bonds is 17. The molecule has 0 aromatic heterocycles. The first-order chi connectivity index (χ1) is 34.0. The van der Waals surface area contributed by atoms with Crippen molar-refractivity contribution in [3.8, 4) is 0 Å². The van der Waals surface area contributed by atoms with Gasteiger partial charge >= 0.3 is 12.2 Å². The number of amides is 2. The molecule has 71 heavy (non-hydrogen) atoms.